The van der Waals surface area contributed by atoms with Crippen LogP contribution in [0.15, 0.2) is 0 Å². The Morgan fingerprint density at radius 1 is 0.447 bits per heavy atom. The van der Waals surface area contributed by atoms with Crippen LogP contribution < -0.4 is 10.6 Å². The zero-order chi connectivity index (χ0) is 28.0. The smallest absolute Gasteiger partial charge is 0.101 e. The summed E-state index contributed by atoms with van der Waals surface area (Å²) in [6.45, 7) is 8.99. The van der Waals surface area contributed by atoms with Crippen molar-refractivity contribution in [1.82, 2.24) is 10.6 Å². The summed E-state index contributed by atoms with van der Waals surface area (Å²) in [6, 6.07) is 1.00. The minimum Gasteiger partial charge on any atom is -0.322 e. The molecule has 0 radical (unpaired) electrons. The summed E-state index contributed by atoms with van der Waals surface area (Å²) in [6.07, 6.45) is 29.4. The average Bonchev–Trinajstić information content (AvgIpc) is 2.93. The molecule has 0 atom stereocenters. The van der Waals surface area contributed by atoms with Gasteiger partial charge in [0, 0.05) is 49.3 Å². The molecular formula is C32H68N2O2P2. The van der Waals surface area contributed by atoms with Gasteiger partial charge in [0.25, 0.3) is 0 Å². The summed E-state index contributed by atoms with van der Waals surface area (Å²) in [4.78, 5) is 0. The van der Waals surface area contributed by atoms with Gasteiger partial charge in [-0.3, -0.25) is 0 Å². The van der Waals surface area contributed by atoms with Crippen LogP contribution in [0.25, 0.3) is 0 Å². The molecule has 1 aliphatic carbocycles. The van der Waals surface area contributed by atoms with Crippen LogP contribution in [0.3, 0.4) is 0 Å². The lowest BCUT2D eigenvalue weighted by Gasteiger charge is -2.32. The molecular weight excluding hydrogens is 506 g/mol. The molecule has 0 bridgehead atoms. The van der Waals surface area contributed by atoms with Crippen molar-refractivity contribution in [3.05, 3.63) is 0 Å². The lowest BCUT2D eigenvalue weighted by atomic mass is 9.91. The molecule has 1 rings (SSSR count). The van der Waals surface area contributed by atoms with E-state index in [1.807, 2.05) is 0 Å². The quantitative estimate of drug-likeness (QED) is 0.0797. The van der Waals surface area contributed by atoms with Gasteiger partial charge in [0.1, 0.15) is 14.3 Å². The van der Waals surface area contributed by atoms with Gasteiger partial charge >= 0.3 is 0 Å². The highest BCUT2D eigenvalue weighted by Gasteiger charge is 2.27. The summed E-state index contributed by atoms with van der Waals surface area (Å²) in [7, 11) is -4.22. The Balaban J connectivity index is 2.47. The fraction of sp³-hybridized carbons (Fsp3) is 1.00. The fourth-order valence-corrected chi connectivity index (χ4v) is 11.4. The Kier molecular flexibility index (Phi) is 22.0. The molecule has 0 unspecified atom stereocenters. The van der Waals surface area contributed by atoms with E-state index < -0.39 is 14.3 Å². The Hall–Kier alpha value is 0.380. The summed E-state index contributed by atoms with van der Waals surface area (Å²) in [5.74, 6) is 0. The second-order valence-electron chi connectivity index (χ2n) is 12.5. The zero-order valence-electron chi connectivity index (χ0n) is 26.3. The van der Waals surface area contributed by atoms with E-state index in [9.17, 15) is 9.13 Å². The maximum atomic E-state index is 13.8. The summed E-state index contributed by atoms with van der Waals surface area (Å²) >= 11 is 0. The molecule has 228 valence electrons. The molecule has 38 heavy (non-hydrogen) atoms. The van der Waals surface area contributed by atoms with E-state index in [1.165, 1.54) is 77.0 Å². The lowest BCUT2D eigenvalue weighted by Crippen LogP contribution is -2.40. The van der Waals surface area contributed by atoms with E-state index in [0.29, 0.717) is 12.1 Å². The molecule has 4 nitrogen and oxygen atoms in total. The maximum Gasteiger partial charge on any atom is 0.101 e. The first-order chi connectivity index (χ1) is 18.4. The van der Waals surface area contributed by atoms with E-state index in [-0.39, 0.29) is 0 Å². The largest absolute Gasteiger partial charge is 0.322 e. The molecule has 0 amide bonds. The highest BCUT2D eigenvalue weighted by Crippen LogP contribution is 2.48. The minimum absolute atomic E-state index is 0.502. The first kappa shape index (κ1) is 36.4. The third-order valence-electron chi connectivity index (χ3n) is 8.74. The van der Waals surface area contributed by atoms with Crippen molar-refractivity contribution in [3.8, 4) is 0 Å². The lowest BCUT2D eigenvalue weighted by molar-refractivity contribution is 0.323. The number of hydrogen-bond donors (Lipinski definition) is 2. The van der Waals surface area contributed by atoms with Gasteiger partial charge in [-0.15, -0.1) is 0 Å². The van der Waals surface area contributed by atoms with Crippen LogP contribution in [0.2, 0.25) is 0 Å². The number of hydrogen-bond acceptors (Lipinski definition) is 4. The van der Waals surface area contributed by atoms with Crippen molar-refractivity contribution in [2.24, 2.45) is 0 Å². The Bertz CT molecular complexity index is 549. The molecule has 0 saturated heterocycles. The fourth-order valence-electron chi connectivity index (χ4n) is 5.94. The van der Waals surface area contributed by atoms with Gasteiger partial charge in [0.15, 0.2) is 0 Å². The van der Waals surface area contributed by atoms with Crippen LogP contribution in [-0.4, -0.2) is 49.3 Å². The Labute approximate surface area is 239 Å². The predicted molar refractivity (Wildman–Crippen MR) is 173 cm³/mol. The van der Waals surface area contributed by atoms with E-state index >= 15 is 0 Å². The second kappa shape index (κ2) is 23.0. The van der Waals surface area contributed by atoms with Crippen molar-refractivity contribution in [2.45, 2.75) is 168 Å². The van der Waals surface area contributed by atoms with E-state index in [4.69, 9.17) is 0 Å². The monoisotopic (exact) mass is 574 g/mol. The van der Waals surface area contributed by atoms with Crippen LogP contribution in [-0.2, 0) is 9.13 Å². The van der Waals surface area contributed by atoms with Gasteiger partial charge in [-0.1, -0.05) is 105 Å². The van der Waals surface area contributed by atoms with Crippen molar-refractivity contribution in [3.63, 3.8) is 0 Å². The summed E-state index contributed by atoms with van der Waals surface area (Å²) in [5.41, 5.74) is 0. The van der Waals surface area contributed by atoms with Crippen LogP contribution in [0.1, 0.15) is 156 Å². The molecule has 1 aliphatic rings. The van der Waals surface area contributed by atoms with Gasteiger partial charge in [0.05, 0.1) is 0 Å². The third kappa shape index (κ3) is 17.9. The molecule has 0 heterocycles. The standard InChI is InChI=1S/C32H68N2O2P2/c1-5-9-13-17-25-37(35,26-18-14-10-6-2)29-33-31-21-23-32(24-22-31)34-30-38(36,27-19-15-11-7-3)28-20-16-12-8-4/h31-34H,5-30H2,1-4H3. The molecule has 6 heteroatoms. The average molecular weight is 575 g/mol. The van der Waals surface area contributed by atoms with Gasteiger partial charge in [-0.25, -0.2) is 0 Å². The van der Waals surface area contributed by atoms with Crippen LogP contribution >= 0.6 is 14.3 Å². The molecule has 0 aliphatic heterocycles. The first-order valence-corrected chi connectivity index (χ1v) is 21.5. The molecule has 2 N–H and O–H groups in total. The van der Waals surface area contributed by atoms with Gasteiger partial charge < -0.3 is 19.8 Å². The Morgan fingerprint density at radius 3 is 0.947 bits per heavy atom. The number of rotatable bonds is 26. The van der Waals surface area contributed by atoms with E-state index in [0.717, 1.165) is 88.6 Å². The van der Waals surface area contributed by atoms with Gasteiger partial charge in [0.2, 0.25) is 0 Å². The van der Waals surface area contributed by atoms with Crippen molar-refractivity contribution in [1.29, 1.82) is 0 Å². The van der Waals surface area contributed by atoms with Crippen molar-refractivity contribution < 1.29 is 9.13 Å². The highest BCUT2D eigenvalue weighted by atomic mass is 31.2. The second-order valence-corrected chi connectivity index (χ2v) is 19.2. The minimum atomic E-state index is -2.11. The van der Waals surface area contributed by atoms with Gasteiger partial charge in [-0.05, 0) is 51.4 Å². The van der Waals surface area contributed by atoms with E-state index in [1.54, 1.807) is 0 Å². The molecule has 0 spiro atoms. The predicted octanol–water partition coefficient (Wildman–Crippen LogP) is 10.4. The SMILES string of the molecule is CCCCCCP(=O)(CCCCCC)CNC1CCC(NCP(=O)(CCCCCC)CCCCCC)CC1. The van der Waals surface area contributed by atoms with Crippen LogP contribution in [0, 0.1) is 0 Å². The number of unbranched alkanes of at least 4 members (excludes halogenated alkanes) is 12. The molecule has 0 aromatic rings. The van der Waals surface area contributed by atoms with Crippen LogP contribution in [0.4, 0.5) is 0 Å². The molecule has 0 aromatic carbocycles. The van der Waals surface area contributed by atoms with E-state index in [2.05, 4.69) is 38.3 Å². The maximum absolute atomic E-state index is 13.8. The first-order valence-electron chi connectivity index (χ1n) is 17.0. The third-order valence-corrected chi connectivity index (χ3v) is 14.8. The number of nitrogens with one attached hydrogen (secondary N) is 2. The topological polar surface area (TPSA) is 58.2 Å². The summed E-state index contributed by atoms with van der Waals surface area (Å²) < 4.78 is 27.6. The highest BCUT2D eigenvalue weighted by molar-refractivity contribution is 7.64. The molecule has 1 saturated carbocycles. The van der Waals surface area contributed by atoms with Gasteiger partial charge in [-0.2, -0.15) is 0 Å². The van der Waals surface area contributed by atoms with Crippen molar-refractivity contribution >= 4 is 14.3 Å². The molecule has 0 aromatic heterocycles. The zero-order valence-corrected chi connectivity index (χ0v) is 28.0. The normalized spacial score (nSPS) is 18.7. The summed E-state index contributed by atoms with van der Waals surface area (Å²) in [5, 5.41) is 7.54. The van der Waals surface area contributed by atoms with Crippen LogP contribution in [0.5, 0.6) is 0 Å². The molecule has 1 fully saturated rings. The Morgan fingerprint density at radius 2 is 0.711 bits per heavy atom. The van der Waals surface area contributed by atoms with Crippen molar-refractivity contribution in [2.75, 3.05) is 37.2 Å².